The first-order valence-electron chi connectivity index (χ1n) is 11.0. The van der Waals surface area contributed by atoms with Gasteiger partial charge in [0.1, 0.15) is 24.4 Å². The van der Waals surface area contributed by atoms with Crippen LogP contribution in [0.1, 0.15) is 52.4 Å². The van der Waals surface area contributed by atoms with Crippen LogP contribution < -0.4 is 5.32 Å². The van der Waals surface area contributed by atoms with E-state index < -0.39 is 49.5 Å². The van der Waals surface area contributed by atoms with Crippen LogP contribution in [0.3, 0.4) is 0 Å². The lowest BCUT2D eigenvalue weighted by atomic mass is 9.99. The first-order valence-corrected chi connectivity index (χ1v) is 11.0. The molecule has 1 heterocycles. The summed E-state index contributed by atoms with van der Waals surface area (Å²) in [4.78, 5) is 11.5. The molecule has 180 valence electrons. The lowest BCUT2D eigenvalue weighted by Gasteiger charge is -2.40. The summed E-state index contributed by atoms with van der Waals surface area (Å²) < 4.78 is 10.7. The van der Waals surface area contributed by atoms with Crippen LogP contribution in [0.5, 0.6) is 0 Å². The van der Waals surface area contributed by atoms with Crippen molar-refractivity contribution in [2.24, 2.45) is 0 Å². The molecular weight excluding hydrogens is 406 g/mol. The molecule has 31 heavy (non-hydrogen) atoms. The van der Waals surface area contributed by atoms with Gasteiger partial charge in [-0.05, 0) is 25.7 Å². The van der Waals surface area contributed by atoms with Crippen LogP contribution in [0.25, 0.3) is 0 Å². The maximum absolute atomic E-state index is 11.5. The largest absolute Gasteiger partial charge is 0.394 e. The van der Waals surface area contributed by atoms with Gasteiger partial charge in [-0.25, -0.2) is 0 Å². The molecule has 0 spiro atoms. The van der Waals surface area contributed by atoms with E-state index in [9.17, 15) is 30.3 Å². The number of aliphatic hydroxyl groups is 5. The molecule has 1 aliphatic rings. The SMILES string of the molecule is CCCCC/C=C/CC/C=C/C(O)C(COC1OC(CO)C(O)C(O)C1O)NC(C)=O. The average molecular weight is 446 g/mol. The lowest BCUT2D eigenvalue weighted by Crippen LogP contribution is -2.60. The van der Waals surface area contributed by atoms with E-state index in [4.69, 9.17) is 9.47 Å². The van der Waals surface area contributed by atoms with Crippen molar-refractivity contribution in [1.82, 2.24) is 5.32 Å². The molecule has 1 fully saturated rings. The molecule has 0 aromatic heterocycles. The summed E-state index contributed by atoms with van der Waals surface area (Å²) in [6, 6.07) is -0.814. The highest BCUT2D eigenvalue weighted by molar-refractivity contribution is 5.73. The van der Waals surface area contributed by atoms with E-state index in [1.54, 1.807) is 6.08 Å². The molecule has 9 heteroatoms. The third kappa shape index (κ3) is 10.2. The Bertz CT molecular complexity index is 554. The molecule has 7 unspecified atom stereocenters. The van der Waals surface area contributed by atoms with Crippen LogP contribution in [0, 0.1) is 0 Å². The summed E-state index contributed by atoms with van der Waals surface area (Å²) in [6.07, 6.45) is 5.88. The molecule has 0 aromatic carbocycles. The van der Waals surface area contributed by atoms with Gasteiger partial charge in [-0.2, -0.15) is 0 Å². The fourth-order valence-electron chi connectivity index (χ4n) is 3.20. The van der Waals surface area contributed by atoms with E-state index in [0.29, 0.717) is 0 Å². The molecule has 0 bridgehead atoms. The Morgan fingerprint density at radius 3 is 2.39 bits per heavy atom. The Kier molecular flexibility index (Phi) is 13.8. The van der Waals surface area contributed by atoms with Crippen LogP contribution in [-0.4, -0.2) is 87.5 Å². The van der Waals surface area contributed by atoms with Crippen LogP contribution >= 0.6 is 0 Å². The summed E-state index contributed by atoms with van der Waals surface area (Å²) in [6.45, 7) is 2.69. The minimum Gasteiger partial charge on any atom is -0.394 e. The second-order valence-electron chi connectivity index (χ2n) is 7.80. The number of carbonyl (C=O) groups excluding carboxylic acids is 1. The number of aliphatic hydroxyl groups excluding tert-OH is 5. The third-order valence-electron chi connectivity index (χ3n) is 5.06. The normalized spacial score (nSPS) is 28.8. The van der Waals surface area contributed by atoms with Gasteiger partial charge in [0.15, 0.2) is 6.29 Å². The summed E-state index contributed by atoms with van der Waals surface area (Å²) in [5, 5.41) is 51.9. The van der Waals surface area contributed by atoms with Gasteiger partial charge in [0.25, 0.3) is 0 Å². The van der Waals surface area contributed by atoms with Crippen molar-refractivity contribution < 1.29 is 39.8 Å². The number of hydrogen-bond donors (Lipinski definition) is 6. The van der Waals surface area contributed by atoms with Gasteiger partial charge < -0.3 is 40.3 Å². The predicted octanol–water partition coefficient (Wildman–Crippen LogP) is 0.141. The summed E-state index contributed by atoms with van der Waals surface area (Å²) >= 11 is 0. The van der Waals surface area contributed by atoms with E-state index in [1.807, 2.05) is 6.08 Å². The van der Waals surface area contributed by atoms with Crippen molar-refractivity contribution in [3.63, 3.8) is 0 Å². The topological polar surface area (TPSA) is 149 Å². The first-order chi connectivity index (χ1) is 14.8. The minimum atomic E-state index is -1.56. The molecule has 7 atom stereocenters. The summed E-state index contributed by atoms with van der Waals surface area (Å²) in [5.41, 5.74) is 0. The van der Waals surface area contributed by atoms with E-state index >= 15 is 0 Å². The van der Waals surface area contributed by atoms with Gasteiger partial charge in [-0.3, -0.25) is 4.79 Å². The number of carbonyl (C=O) groups is 1. The Labute approximate surface area is 184 Å². The zero-order valence-corrected chi connectivity index (χ0v) is 18.5. The number of nitrogens with one attached hydrogen (secondary N) is 1. The Morgan fingerprint density at radius 2 is 1.74 bits per heavy atom. The Hall–Kier alpha value is -1.33. The van der Waals surface area contributed by atoms with E-state index in [2.05, 4.69) is 24.4 Å². The van der Waals surface area contributed by atoms with Gasteiger partial charge in [-0.1, -0.05) is 44.1 Å². The van der Waals surface area contributed by atoms with Gasteiger partial charge in [0.05, 0.1) is 25.4 Å². The third-order valence-corrected chi connectivity index (χ3v) is 5.06. The number of amides is 1. The molecule has 6 N–H and O–H groups in total. The molecule has 1 saturated heterocycles. The summed E-state index contributed by atoms with van der Waals surface area (Å²) in [5.74, 6) is -0.370. The van der Waals surface area contributed by atoms with Gasteiger partial charge >= 0.3 is 0 Å². The van der Waals surface area contributed by atoms with Gasteiger partial charge in [0.2, 0.25) is 5.91 Å². The second kappa shape index (κ2) is 15.5. The monoisotopic (exact) mass is 445 g/mol. The predicted molar refractivity (Wildman–Crippen MR) is 115 cm³/mol. The van der Waals surface area contributed by atoms with Crippen molar-refractivity contribution in [3.05, 3.63) is 24.3 Å². The maximum atomic E-state index is 11.5. The van der Waals surface area contributed by atoms with E-state index in [-0.39, 0.29) is 12.5 Å². The zero-order valence-electron chi connectivity index (χ0n) is 18.5. The van der Waals surface area contributed by atoms with Crippen LogP contribution in [0.15, 0.2) is 24.3 Å². The number of ether oxygens (including phenoxy) is 2. The van der Waals surface area contributed by atoms with Gasteiger partial charge in [0, 0.05) is 6.92 Å². The molecule has 1 rings (SSSR count). The van der Waals surface area contributed by atoms with E-state index in [1.165, 1.54) is 26.2 Å². The highest BCUT2D eigenvalue weighted by Crippen LogP contribution is 2.22. The molecule has 0 radical (unpaired) electrons. The molecule has 1 aliphatic heterocycles. The molecular formula is C22H39NO8. The zero-order chi connectivity index (χ0) is 23.2. The quantitative estimate of drug-likeness (QED) is 0.163. The number of hydrogen-bond acceptors (Lipinski definition) is 8. The van der Waals surface area contributed by atoms with Crippen LogP contribution in [0.4, 0.5) is 0 Å². The molecule has 1 amide bonds. The van der Waals surface area contributed by atoms with Crippen molar-refractivity contribution in [2.45, 2.75) is 95.2 Å². The minimum absolute atomic E-state index is 0.217. The number of allylic oxidation sites excluding steroid dienone is 3. The fraction of sp³-hybridized carbons (Fsp3) is 0.773. The lowest BCUT2D eigenvalue weighted by molar-refractivity contribution is -0.302. The average Bonchev–Trinajstić information content (AvgIpc) is 2.74. The highest BCUT2D eigenvalue weighted by atomic mass is 16.7. The van der Waals surface area contributed by atoms with Crippen molar-refractivity contribution in [3.8, 4) is 0 Å². The van der Waals surface area contributed by atoms with Crippen molar-refractivity contribution in [1.29, 1.82) is 0 Å². The number of unbranched alkanes of at least 4 members (excludes halogenated alkanes) is 4. The molecule has 9 nitrogen and oxygen atoms in total. The standard InChI is InChI=1S/C22H39NO8/c1-3-4-5-6-7-8-9-10-11-12-17(26)16(23-15(2)25)14-30-22-21(29)20(28)19(27)18(13-24)31-22/h7-8,11-12,16-22,24,26-29H,3-6,9-10,13-14H2,1-2H3,(H,23,25)/b8-7+,12-11+. The second-order valence-corrected chi connectivity index (χ2v) is 7.80. The Balaban J connectivity index is 2.53. The van der Waals surface area contributed by atoms with Crippen molar-refractivity contribution >= 4 is 5.91 Å². The smallest absolute Gasteiger partial charge is 0.217 e. The molecule has 0 aromatic rings. The maximum Gasteiger partial charge on any atom is 0.217 e. The van der Waals surface area contributed by atoms with E-state index in [0.717, 1.165) is 19.3 Å². The Morgan fingerprint density at radius 1 is 1.06 bits per heavy atom. The molecule has 0 aliphatic carbocycles. The number of rotatable bonds is 14. The van der Waals surface area contributed by atoms with Crippen LogP contribution in [0.2, 0.25) is 0 Å². The first kappa shape index (κ1) is 27.7. The highest BCUT2D eigenvalue weighted by Gasteiger charge is 2.44. The molecule has 0 saturated carbocycles. The van der Waals surface area contributed by atoms with Crippen molar-refractivity contribution in [2.75, 3.05) is 13.2 Å². The fourth-order valence-corrected chi connectivity index (χ4v) is 3.20. The summed E-state index contributed by atoms with van der Waals surface area (Å²) in [7, 11) is 0. The van der Waals surface area contributed by atoms with Crippen LogP contribution in [-0.2, 0) is 14.3 Å². The van der Waals surface area contributed by atoms with Gasteiger partial charge in [-0.15, -0.1) is 0 Å².